The Morgan fingerprint density at radius 3 is 2.40 bits per heavy atom. The molecule has 2 saturated heterocycles. The van der Waals surface area contributed by atoms with Gasteiger partial charge >= 0.3 is 11.9 Å². The molecular weight excluding hydrogens is 705 g/mol. The van der Waals surface area contributed by atoms with Crippen LogP contribution in [0.25, 0.3) is 0 Å². The van der Waals surface area contributed by atoms with Crippen LogP contribution in [0.3, 0.4) is 0 Å². The molecule has 13 nitrogen and oxygen atoms in total. The number of hydrogen-bond acceptors (Lipinski definition) is 13. The number of aliphatic hydroxyl groups excluding tert-OH is 2. The summed E-state index contributed by atoms with van der Waals surface area (Å²) in [6, 6.07) is 7.81. The third-order valence-electron chi connectivity index (χ3n) is 14.3. The van der Waals surface area contributed by atoms with Gasteiger partial charge in [-0.15, -0.1) is 0 Å². The van der Waals surface area contributed by atoms with Crippen LogP contribution >= 0.6 is 0 Å². The highest BCUT2D eigenvalue weighted by Crippen LogP contribution is 2.66. The van der Waals surface area contributed by atoms with Gasteiger partial charge in [0.2, 0.25) is 6.10 Å². The van der Waals surface area contributed by atoms with Gasteiger partial charge in [-0.25, -0.2) is 4.79 Å². The van der Waals surface area contributed by atoms with Gasteiger partial charge in [0.05, 0.1) is 42.1 Å². The minimum Gasteiger partial charge on any atom is -0.455 e. The van der Waals surface area contributed by atoms with E-state index in [4.69, 9.17) is 14.2 Å². The maximum Gasteiger partial charge on any atom is 0.350 e. The third kappa shape index (κ3) is 7.14. The Morgan fingerprint density at radius 2 is 1.78 bits per heavy atom. The highest BCUT2D eigenvalue weighted by Gasteiger charge is 2.73. The maximum atomic E-state index is 14.6. The van der Waals surface area contributed by atoms with Gasteiger partial charge in [0, 0.05) is 56.3 Å². The molecule has 6 rings (SSSR count). The summed E-state index contributed by atoms with van der Waals surface area (Å²) in [5.41, 5.74) is -3.55. The van der Waals surface area contributed by atoms with E-state index in [1.807, 2.05) is 13.8 Å². The summed E-state index contributed by atoms with van der Waals surface area (Å²) in [6.45, 7) is 15.6. The average Bonchev–Trinajstić information content (AvgIpc) is 3.14. The van der Waals surface area contributed by atoms with Crippen LogP contribution in [0.1, 0.15) is 78.8 Å². The van der Waals surface area contributed by atoms with Crippen molar-refractivity contribution in [3.63, 3.8) is 0 Å². The van der Waals surface area contributed by atoms with Gasteiger partial charge in [-0.2, -0.15) is 0 Å². The quantitative estimate of drug-likeness (QED) is 0.105. The van der Waals surface area contributed by atoms with Gasteiger partial charge < -0.3 is 49.4 Å². The van der Waals surface area contributed by atoms with Crippen LogP contribution in [-0.2, 0) is 33.4 Å². The molecule has 1 aromatic rings. The highest BCUT2D eigenvalue weighted by molar-refractivity contribution is 6.64. The number of nitrogens with one attached hydrogen (secondary N) is 1. The van der Waals surface area contributed by atoms with Gasteiger partial charge in [0.1, 0.15) is 12.2 Å². The first kappa shape index (κ1) is 41.7. The standard InChI is InChI=1S/C41H59BN3O10/c1-24-27(21-41(52)25(2)35-39(5)22-53-29(39)20-28(47)40(35,6)36(50)33(49)31(24)38(41,3)4)54-37(51)34(32(43-42-23-46)26-12-9-8-10-13-26)55-30(48)14-11-15-45-18-16-44(7)17-19-45/h8-10,12-13,23,25,27-29,32-35,43,47,49,52H,11,14-22H2,1-7H3/t25-,27-,28-,29+,32-,33+,34+,35+,39+,40+,41+/m0/s1. The predicted molar refractivity (Wildman–Crippen MR) is 204 cm³/mol. The number of Topliss-reactive ketones (excluding diaryl/α,β-unsaturated/α-hetero) is 1. The van der Waals surface area contributed by atoms with Crippen LogP contribution in [0.5, 0.6) is 0 Å². The second kappa shape index (κ2) is 15.8. The van der Waals surface area contributed by atoms with Crippen LogP contribution < -0.4 is 5.23 Å². The Labute approximate surface area is 325 Å². The van der Waals surface area contributed by atoms with E-state index in [1.54, 1.807) is 58.0 Å². The van der Waals surface area contributed by atoms with Crippen molar-refractivity contribution in [1.82, 2.24) is 15.0 Å². The van der Waals surface area contributed by atoms with Gasteiger partial charge in [-0.3, -0.25) is 9.59 Å². The molecule has 11 atom stereocenters. The third-order valence-corrected chi connectivity index (χ3v) is 14.3. The van der Waals surface area contributed by atoms with Crippen molar-refractivity contribution < 1.29 is 48.7 Å². The Morgan fingerprint density at radius 1 is 1.11 bits per heavy atom. The lowest BCUT2D eigenvalue weighted by Gasteiger charge is -2.68. The molecule has 4 fully saturated rings. The van der Waals surface area contributed by atoms with Crippen LogP contribution in [-0.4, -0.2) is 139 Å². The summed E-state index contributed by atoms with van der Waals surface area (Å²) < 4.78 is 18.1. The molecule has 2 saturated carbocycles. The van der Waals surface area contributed by atoms with Crippen molar-refractivity contribution >= 4 is 31.3 Å². The molecule has 55 heavy (non-hydrogen) atoms. The molecule has 0 spiro atoms. The molecule has 3 aliphatic carbocycles. The van der Waals surface area contributed by atoms with E-state index in [-0.39, 0.29) is 30.9 Å². The first-order valence-electron chi connectivity index (χ1n) is 19.8. The van der Waals surface area contributed by atoms with E-state index in [2.05, 4.69) is 22.1 Å². The Bertz CT molecular complexity index is 1650. The molecule has 1 aromatic carbocycles. The number of piperazine rings is 1. The van der Waals surface area contributed by atoms with Crippen molar-refractivity contribution in [3.05, 3.63) is 47.0 Å². The number of nitrogens with zero attached hydrogens (tertiary/aromatic N) is 2. The zero-order valence-electron chi connectivity index (χ0n) is 33.3. The molecule has 4 N–H and O–H groups in total. The fourth-order valence-corrected chi connectivity index (χ4v) is 10.9. The number of esters is 2. The van der Waals surface area contributed by atoms with Crippen LogP contribution in [0.15, 0.2) is 41.5 Å². The van der Waals surface area contributed by atoms with Crippen LogP contribution in [0.2, 0.25) is 0 Å². The van der Waals surface area contributed by atoms with E-state index in [0.29, 0.717) is 36.9 Å². The smallest absolute Gasteiger partial charge is 0.350 e. The molecule has 0 amide bonds. The number of hydrogen-bond donors (Lipinski definition) is 4. The van der Waals surface area contributed by atoms with Crippen molar-refractivity contribution in [2.75, 3.05) is 46.4 Å². The van der Waals surface area contributed by atoms with Crippen LogP contribution in [0.4, 0.5) is 0 Å². The average molecular weight is 765 g/mol. The topological polar surface area (TPSA) is 175 Å². The molecular formula is C41H59BN3O10. The number of aliphatic hydroxyl groups is 3. The van der Waals surface area contributed by atoms with E-state index in [0.717, 1.165) is 33.6 Å². The Kier molecular flexibility index (Phi) is 11.9. The van der Waals surface area contributed by atoms with Gasteiger partial charge in [0.25, 0.3) is 7.41 Å². The fourth-order valence-electron chi connectivity index (χ4n) is 10.9. The van der Waals surface area contributed by atoms with Crippen molar-refractivity contribution in [1.29, 1.82) is 0 Å². The van der Waals surface area contributed by atoms with Gasteiger partial charge in [-0.05, 0) is 62.4 Å². The fraction of sp³-hybridized carbons (Fsp3) is 0.707. The summed E-state index contributed by atoms with van der Waals surface area (Å²) in [5, 5.41) is 39.6. The van der Waals surface area contributed by atoms with Gasteiger partial charge in [-0.1, -0.05) is 58.0 Å². The minimum absolute atomic E-state index is 0.0524. The number of likely N-dealkylation sites (N-methyl/N-ethyl adjacent to an activating group) is 1. The monoisotopic (exact) mass is 764 g/mol. The minimum atomic E-state index is -1.70. The summed E-state index contributed by atoms with van der Waals surface area (Å²) in [5.74, 6) is -3.28. The maximum absolute atomic E-state index is 14.6. The number of rotatable bonds is 12. The molecule has 1 radical (unpaired) electrons. The highest BCUT2D eigenvalue weighted by atomic mass is 16.6. The zero-order valence-corrected chi connectivity index (χ0v) is 33.3. The Hall–Kier alpha value is -2.98. The second-order valence-corrected chi connectivity index (χ2v) is 17.7. The number of carbonyl (C=O) groups is 4. The molecule has 2 heterocycles. The van der Waals surface area contributed by atoms with E-state index in [9.17, 15) is 34.5 Å². The van der Waals surface area contributed by atoms with Gasteiger partial charge in [0.15, 0.2) is 5.78 Å². The van der Waals surface area contributed by atoms with E-state index >= 15 is 0 Å². The summed E-state index contributed by atoms with van der Waals surface area (Å²) >= 11 is 0. The molecule has 0 aromatic heterocycles. The van der Waals surface area contributed by atoms with E-state index in [1.165, 1.54) is 0 Å². The summed E-state index contributed by atoms with van der Waals surface area (Å²) in [4.78, 5) is 58.7. The summed E-state index contributed by atoms with van der Waals surface area (Å²) in [7, 11) is 3.21. The summed E-state index contributed by atoms with van der Waals surface area (Å²) in [6.07, 6.45) is -4.53. The molecule has 14 heteroatoms. The SMILES string of the molecule is CC1=C2[C@@H](O)C(=O)[C@@]3(C)[C@H]([C@H](C)[C@](O)(C[C@@H]1OC(=O)[C@H](OC(=O)CCCN1CCN(C)CC1)[C@@H](N[B]C=O)c1ccccc1)C2(C)C)[C@]1(C)CO[C@@H]1C[C@@H]3O. The molecule has 301 valence electrons. The Balaban J connectivity index is 1.33. The van der Waals surface area contributed by atoms with Crippen LogP contribution in [0, 0.1) is 28.1 Å². The molecule has 2 bridgehead atoms. The lowest BCUT2D eigenvalue weighted by atomic mass is 9.40. The molecule has 2 aliphatic heterocycles. The lowest BCUT2D eigenvalue weighted by Crippen LogP contribution is -2.75. The molecule has 0 unspecified atom stereocenters. The number of benzene rings is 1. The first-order valence-corrected chi connectivity index (χ1v) is 19.8. The molecule has 5 aliphatic rings. The van der Waals surface area contributed by atoms with Crippen molar-refractivity contribution in [2.24, 2.45) is 28.1 Å². The largest absolute Gasteiger partial charge is 0.455 e. The predicted octanol–water partition coefficient (Wildman–Crippen LogP) is 1.83. The first-order chi connectivity index (χ1) is 25.9. The lowest BCUT2D eigenvalue weighted by molar-refractivity contribution is -0.302. The normalized spacial score (nSPS) is 37.2. The van der Waals surface area contributed by atoms with E-state index < -0.39 is 81.9 Å². The number of ether oxygens (including phenoxy) is 3. The number of carbonyl (C=O) groups excluding carboxylic acids is 4. The van der Waals surface area contributed by atoms with Crippen molar-refractivity contribution in [3.8, 4) is 0 Å². The number of ketones is 1. The number of fused-ring (bicyclic) bond motifs is 5. The zero-order chi connectivity index (χ0) is 40.1. The van der Waals surface area contributed by atoms with Crippen molar-refractivity contribution in [2.45, 2.75) is 109 Å². The second-order valence-electron chi connectivity index (χ2n) is 17.7.